The molecule has 2 heterocycles. The molecular weight excluding hydrogens is 350 g/mol. The molecule has 26 heavy (non-hydrogen) atoms. The summed E-state index contributed by atoms with van der Waals surface area (Å²) in [5, 5.41) is 2.04. The molecule has 2 aromatic heterocycles. The predicted octanol–water partition coefficient (Wildman–Crippen LogP) is 4.00. The zero-order chi connectivity index (χ0) is 18.2. The van der Waals surface area contributed by atoms with Crippen molar-refractivity contribution in [2.75, 3.05) is 20.3 Å². The van der Waals surface area contributed by atoms with E-state index in [0.29, 0.717) is 24.6 Å². The molecule has 0 aliphatic heterocycles. The third-order valence-electron chi connectivity index (χ3n) is 3.93. The first-order chi connectivity index (χ1) is 12.8. The SMILES string of the molecule is COc1ccccc1OCC(=O)N(CCc1cccs1)Cc1ccoc1. The molecule has 0 bridgehead atoms. The van der Waals surface area contributed by atoms with E-state index >= 15 is 0 Å². The van der Waals surface area contributed by atoms with Crippen molar-refractivity contribution in [3.8, 4) is 11.5 Å². The molecule has 0 aliphatic carbocycles. The van der Waals surface area contributed by atoms with E-state index in [1.807, 2.05) is 29.6 Å². The zero-order valence-corrected chi connectivity index (χ0v) is 15.4. The number of methoxy groups -OCH3 is 1. The van der Waals surface area contributed by atoms with Crippen LogP contribution in [0.15, 0.2) is 64.8 Å². The Labute approximate surface area is 156 Å². The Hall–Kier alpha value is -2.73. The molecule has 5 nitrogen and oxygen atoms in total. The number of rotatable bonds is 9. The Morgan fingerprint density at radius 2 is 2.00 bits per heavy atom. The van der Waals surface area contributed by atoms with Crippen LogP contribution in [0.1, 0.15) is 10.4 Å². The van der Waals surface area contributed by atoms with Crippen molar-refractivity contribution >= 4 is 17.2 Å². The highest BCUT2D eigenvalue weighted by molar-refractivity contribution is 7.09. The number of benzene rings is 1. The van der Waals surface area contributed by atoms with Gasteiger partial charge in [0, 0.05) is 23.5 Å². The first-order valence-corrected chi connectivity index (χ1v) is 9.21. The monoisotopic (exact) mass is 371 g/mol. The average molecular weight is 371 g/mol. The minimum Gasteiger partial charge on any atom is -0.493 e. The summed E-state index contributed by atoms with van der Waals surface area (Å²) in [6.45, 7) is 1.08. The van der Waals surface area contributed by atoms with Crippen LogP contribution >= 0.6 is 11.3 Å². The van der Waals surface area contributed by atoms with Crippen LogP contribution in [0.3, 0.4) is 0 Å². The normalized spacial score (nSPS) is 10.5. The molecular formula is C20H21NO4S. The molecule has 0 radical (unpaired) electrons. The quantitative estimate of drug-likeness (QED) is 0.570. The number of para-hydroxylation sites is 2. The molecule has 3 aromatic rings. The van der Waals surface area contributed by atoms with Crippen molar-refractivity contribution in [3.63, 3.8) is 0 Å². The van der Waals surface area contributed by atoms with Gasteiger partial charge in [-0.15, -0.1) is 11.3 Å². The van der Waals surface area contributed by atoms with Gasteiger partial charge in [-0.25, -0.2) is 0 Å². The van der Waals surface area contributed by atoms with Gasteiger partial charge >= 0.3 is 0 Å². The number of carbonyl (C=O) groups excluding carboxylic acids is 1. The lowest BCUT2D eigenvalue weighted by Crippen LogP contribution is -2.36. The van der Waals surface area contributed by atoms with Crippen molar-refractivity contribution in [2.24, 2.45) is 0 Å². The Balaban J connectivity index is 1.63. The number of hydrogen-bond acceptors (Lipinski definition) is 5. The van der Waals surface area contributed by atoms with E-state index < -0.39 is 0 Å². The predicted molar refractivity (Wildman–Crippen MR) is 101 cm³/mol. The summed E-state index contributed by atoms with van der Waals surface area (Å²) in [6.07, 6.45) is 4.09. The minimum atomic E-state index is -0.0753. The van der Waals surface area contributed by atoms with Gasteiger partial charge in [0.2, 0.25) is 0 Å². The molecule has 0 spiro atoms. The van der Waals surface area contributed by atoms with Gasteiger partial charge in [-0.3, -0.25) is 4.79 Å². The van der Waals surface area contributed by atoms with E-state index in [9.17, 15) is 4.79 Å². The van der Waals surface area contributed by atoms with Gasteiger partial charge in [0.15, 0.2) is 18.1 Å². The molecule has 0 saturated carbocycles. The van der Waals surface area contributed by atoms with Crippen molar-refractivity contribution < 1.29 is 18.7 Å². The largest absolute Gasteiger partial charge is 0.493 e. The number of furan rings is 1. The summed E-state index contributed by atoms with van der Waals surface area (Å²) >= 11 is 1.70. The first-order valence-electron chi connectivity index (χ1n) is 8.33. The molecule has 0 saturated heterocycles. The number of thiophene rings is 1. The maximum Gasteiger partial charge on any atom is 0.260 e. The van der Waals surface area contributed by atoms with Gasteiger partial charge in [0.05, 0.1) is 19.6 Å². The van der Waals surface area contributed by atoms with Crippen LogP contribution in [0.4, 0.5) is 0 Å². The first kappa shape index (κ1) is 18.1. The summed E-state index contributed by atoms with van der Waals surface area (Å²) in [6, 6.07) is 13.3. The van der Waals surface area contributed by atoms with Crippen LogP contribution in [0, 0.1) is 0 Å². The Kier molecular flexibility index (Phi) is 6.33. The van der Waals surface area contributed by atoms with Gasteiger partial charge in [0.1, 0.15) is 0 Å². The van der Waals surface area contributed by atoms with E-state index in [2.05, 4.69) is 6.07 Å². The summed E-state index contributed by atoms with van der Waals surface area (Å²) in [4.78, 5) is 15.8. The van der Waals surface area contributed by atoms with E-state index in [1.165, 1.54) is 4.88 Å². The summed E-state index contributed by atoms with van der Waals surface area (Å²) < 4.78 is 16.1. The Bertz CT molecular complexity index is 799. The highest BCUT2D eigenvalue weighted by atomic mass is 32.1. The molecule has 0 aliphatic rings. The van der Waals surface area contributed by atoms with Gasteiger partial charge in [0.25, 0.3) is 5.91 Å². The van der Waals surface area contributed by atoms with Crippen molar-refractivity contribution in [1.82, 2.24) is 4.90 Å². The van der Waals surface area contributed by atoms with Crippen LogP contribution in [-0.4, -0.2) is 31.1 Å². The average Bonchev–Trinajstić information content (AvgIpc) is 3.37. The maximum atomic E-state index is 12.7. The number of hydrogen-bond donors (Lipinski definition) is 0. The van der Waals surface area contributed by atoms with Crippen LogP contribution in [0.25, 0.3) is 0 Å². The fraction of sp³-hybridized carbons (Fsp3) is 0.250. The number of amides is 1. The van der Waals surface area contributed by atoms with Crippen molar-refractivity contribution in [3.05, 3.63) is 70.8 Å². The molecule has 0 atom stereocenters. The van der Waals surface area contributed by atoms with Crippen molar-refractivity contribution in [2.45, 2.75) is 13.0 Å². The summed E-state index contributed by atoms with van der Waals surface area (Å²) in [7, 11) is 1.58. The standard InChI is InChI=1S/C20H21NO4S/c1-23-18-6-2-3-7-19(18)25-15-20(22)21(13-16-9-11-24-14-16)10-8-17-5-4-12-26-17/h2-7,9,11-12,14H,8,10,13,15H2,1H3. The molecule has 1 amide bonds. The Morgan fingerprint density at radius 1 is 1.15 bits per heavy atom. The fourth-order valence-electron chi connectivity index (χ4n) is 2.56. The lowest BCUT2D eigenvalue weighted by molar-refractivity contribution is -0.134. The van der Waals surface area contributed by atoms with Gasteiger partial charge in [-0.2, -0.15) is 0 Å². The smallest absolute Gasteiger partial charge is 0.260 e. The summed E-state index contributed by atoms with van der Waals surface area (Å²) in [5.41, 5.74) is 0.960. The van der Waals surface area contributed by atoms with Crippen LogP contribution in [0.2, 0.25) is 0 Å². The second-order valence-corrected chi connectivity index (χ2v) is 6.75. The summed E-state index contributed by atoms with van der Waals surface area (Å²) in [5.74, 6) is 1.10. The molecule has 6 heteroatoms. The van der Waals surface area contributed by atoms with Crippen LogP contribution < -0.4 is 9.47 Å². The lowest BCUT2D eigenvalue weighted by Gasteiger charge is -2.22. The number of nitrogens with zero attached hydrogens (tertiary/aromatic N) is 1. The minimum absolute atomic E-state index is 0.0390. The highest BCUT2D eigenvalue weighted by Crippen LogP contribution is 2.25. The molecule has 0 fully saturated rings. The van der Waals surface area contributed by atoms with E-state index in [4.69, 9.17) is 13.9 Å². The lowest BCUT2D eigenvalue weighted by atomic mass is 10.2. The van der Waals surface area contributed by atoms with Gasteiger partial charge in [-0.05, 0) is 36.1 Å². The highest BCUT2D eigenvalue weighted by Gasteiger charge is 2.16. The van der Waals surface area contributed by atoms with Crippen LogP contribution in [-0.2, 0) is 17.8 Å². The molecule has 136 valence electrons. The second-order valence-electron chi connectivity index (χ2n) is 5.72. The molecule has 0 unspecified atom stereocenters. The van der Waals surface area contributed by atoms with E-state index in [-0.39, 0.29) is 12.5 Å². The van der Waals surface area contributed by atoms with Crippen LogP contribution in [0.5, 0.6) is 11.5 Å². The fourth-order valence-corrected chi connectivity index (χ4v) is 3.26. The van der Waals surface area contributed by atoms with Gasteiger partial charge < -0.3 is 18.8 Å². The third kappa shape index (κ3) is 4.89. The zero-order valence-electron chi connectivity index (χ0n) is 14.6. The molecule has 3 rings (SSSR count). The van der Waals surface area contributed by atoms with Crippen molar-refractivity contribution in [1.29, 1.82) is 0 Å². The maximum absolute atomic E-state index is 12.7. The Morgan fingerprint density at radius 3 is 2.69 bits per heavy atom. The molecule has 0 N–H and O–H groups in total. The second kappa shape index (κ2) is 9.10. The number of ether oxygens (including phenoxy) is 2. The van der Waals surface area contributed by atoms with E-state index in [0.717, 1.165) is 12.0 Å². The van der Waals surface area contributed by atoms with Gasteiger partial charge in [-0.1, -0.05) is 18.2 Å². The third-order valence-corrected chi connectivity index (χ3v) is 4.87. The number of carbonyl (C=O) groups is 1. The topological polar surface area (TPSA) is 51.9 Å². The van der Waals surface area contributed by atoms with E-state index in [1.54, 1.807) is 48.0 Å². The molecule has 1 aromatic carbocycles.